The van der Waals surface area contributed by atoms with Crippen LogP contribution < -0.4 is 0 Å². The van der Waals surface area contributed by atoms with Crippen LogP contribution >= 0.6 is 0 Å². The molecule has 4 fully saturated rings. The van der Waals surface area contributed by atoms with Crippen molar-refractivity contribution < 1.29 is 15.3 Å². The lowest BCUT2D eigenvalue weighted by molar-refractivity contribution is -0.206. The number of rotatable bonds is 1. The molecule has 0 spiro atoms. The molecule has 7 atom stereocenters. The highest BCUT2D eigenvalue weighted by atomic mass is 16.5. The van der Waals surface area contributed by atoms with Crippen LogP contribution in [-0.2, 0) is 0 Å². The summed E-state index contributed by atoms with van der Waals surface area (Å²) in [6.07, 6.45) is 10.1. The zero-order valence-corrected chi connectivity index (χ0v) is 13.0. The molecule has 0 aliphatic heterocycles. The molecule has 0 saturated heterocycles. The maximum absolute atomic E-state index is 10.8. The normalized spacial score (nSPS) is 53.1. The molecule has 0 amide bonds. The third-order valence-electron chi connectivity index (χ3n) is 7.82. The van der Waals surface area contributed by atoms with E-state index >= 15 is 0 Å². The third kappa shape index (κ3) is 2.04. The highest BCUT2D eigenvalue weighted by Crippen LogP contribution is 2.63. The van der Waals surface area contributed by atoms with Crippen LogP contribution in [0.4, 0.5) is 0 Å². The molecule has 0 aromatic heterocycles. The summed E-state index contributed by atoms with van der Waals surface area (Å²) in [4.78, 5) is 0. The first-order valence-corrected chi connectivity index (χ1v) is 9.18. The van der Waals surface area contributed by atoms with Crippen molar-refractivity contribution in [2.24, 2.45) is 35.0 Å². The molecule has 1 unspecified atom stereocenters. The van der Waals surface area contributed by atoms with E-state index in [0.717, 1.165) is 50.4 Å². The van der Waals surface area contributed by atoms with E-state index in [2.05, 4.69) is 0 Å². The SMILES string of the molecule is OC(O)[C@@]12CCC[C@H]1[C@H]1[C@H](CC2)[C@H]2CCCCC2C[C@@H]1O. The lowest BCUT2D eigenvalue weighted by atomic mass is 9.49. The van der Waals surface area contributed by atoms with E-state index in [9.17, 15) is 15.3 Å². The van der Waals surface area contributed by atoms with E-state index in [0.29, 0.717) is 17.8 Å². The molecule has 4 rings (SSSR count). The molecule has 0 aromatic carbocycles. The van der Waals surface area contributed by atoms with Gasteiger partial charge < -0.3 is 15.3 Å². The second-order valence-corrected chi connectivity index (χ2v) is 8.40. The average Bonchev–Trinajstić information content (AvgIpc) is 2.92. The van der Waals surface area contributed by atoms with Gasteiger partial charge in [0.25, 0.3) is 0 Å². The molecule has 120 valence electrons. The Kier molecular flexibility index (Phi) is 3.59. The van der Waals surface area contributed by atoms with Gasteiger partial charge in [-0.05, 0) is 68.1 Å². The Bertz CT molecular complexity index is 396. The summed E-state index contributed by atoms with van der Waals surface area (Å²) in [7, 11) is 0. The maximum Gasteiger partial charge on any atom is 0.157 e. The van der Waals surface area contributed by atoms with E-state index in [1.165, 1.54) is 25.7 Å². The fourth-order valence-electron chi connectivity index (χ4n) is 7.00. The standard InChI is InChI=1S/C18H30O3/c19-15-10-11-4-1-2-5-12(11)13-7-9-18(17(20)21)8-3-6-14(18)16(13)15/h11-17,19-21H,1-10H2/t11?,12-,13+,14-,15-,16+,18+/m0/s1. The third-order valence-corrected chi connectivity index (χ3v) is 7.82. The van der Waals surface area contributed by atoms with Gasteiger partial charge in [-0.1, -0.05) is 25.7 Å². The average molecular weight is 294 g/mol. The topological polar surface area (TPSA) is 60.7 Å². The van der Waals surface area contributed by atoms with Crippen molar-refractivity contribution in [3.05, 3.63) is 0 Å². The van der Waals surface area contributed by atoms with Crippen LogP contribution in [0.15, 0.2) is 0 Å². The summed E-state index contributed by atoms with van der Waals surface area (Å²) >= 11 is 0. The van der Waals surface area contributed by atoms with Gasteiger partial charge in [0.15, 0.2) is 6.29 Å². The second-order valence-electron chi connectivity index (χ2n) is 8.40. The zero-order chi connectivity index (χ0) is 14.6. The number of hydrogen-bond donors (Lipinski definition) is 3. The van der Waals surface area contributed by atoms with Gasteiger partial charge in [0.2, 0.25) is 0 Å². The van der Waals surface area contributed by atoms with Crippen LogP contribution in [0.25, 0.3) is 0 Å². The molecule has 0 heterocycles. The fourth-order valence-corrected chi connectivity index (χ4v) is 7.00. The van der Waals surface area contributed by atoms with Crippen molar-refractivity contribution in [1.29, 1.82) is 0 Å². The van der Waals surface area contributed by atoms with E-state index in [4.69, 9.17) is 0 Å². The van der Waals surface area contributed by atoms with Crippen LogP contribution in [0.3, 0.4) is 0 Å². The Morgan fingerprint density at radius 2 is 1.67 bits per heavy atom. The predicted molar refractivity (Wildman–Crippen MR) is 80.3 cm³/mol. The maximum atomic E-state index is 10.8. The molecule has 0 aromatic rings. The van der Waals surface area contributed by atoms with Crippen LogP contribution in [0.2, 0.25) is 0 Å². The minimum absolute atomic E-state index is 0.198. The van der Waals surface area contributed by atoms with Crippen molar-refractivity contribution in [1.82, 2.24) is 0 Å². The Hall–Kier alpha value is -0.120. The molecular formula is C18H30O3. The fraction of sp³-hybridized carbons (Fsp3) is 1.00. The van der Waals surface area contributed by atoms with Gasteiger partial charge in [0.1, 0.15) is 0 Å². The molecule has 3 N–H and O–H groups in total. The summed E-state index contributed by atoms with van der Waals surface area (Å²) in [5, 5.41) is 30.9. The van der Waals surface area contributed by atoms with Crippen molar-refractivity contribution in [3.63, 3.8) is 0 Å². The van der Waals surface area contributed by atoms with Gasteiger partial charge in [-0.25, -0.2) is 0 Å². The smallest absolute Gasteiger partial charge is 0.157 e. The van der Waals surface area contributed by atoms with E-state index in [1.807, 2.05) is 0 Å². The molecule has 3 nitrogen and oxygen atoms in total. The minimum atomic E-state index is -1.19. The number of aliphatic hydroxyl groups is 3. The van der Waals surface area contributed by atoms with Crippen LogP contribution in [-0.4, -0.2) is 27.7 Å². The summed E-state index contributed by atoms with van der Waals surface area (Å²) in [5.41, 5.74) is -0.302. The molecule has 3 heteroatoms. The van der Waals surface area contributed by atoms with Gasteiger partial charge in [-0.3, -0.25) is 0 Å². The molecule has 4 aliphatic carbocycles. The van der Waals surface area contributed by atoms with E-state index in [-0.39, 0.29) is 11.5 Å². The minimum Gasteiger partial charge on any atom is -0.393 e. The van der Waals surface area contributed by atoms with Crippen LogP contribution in [0.5, 0.6) is 0 Å². The van der Waals surface area contributed by atoms with Crippen molar-refractivity contribution in [3.8, 4) is 0 Å². The Balaban J connectivity index is 1.64. The molecule has 4 aliphatic rings. The monoisotopic (exact) mass is 294 g/mol. The van der Waals surface area contributed by atoms with Crippen LogP contribution in [0.1, 0.15) is 64.2 Å². The van der Waals surface area contributed by atoms with Gasteiger partial charge in [-0.15, -0.1) is 0 Å². The van der Waals surface area contributed by atoms with Crippen molar-refractivity contribution in [2.75, 3.05) is 0 Å². The first kappa shape index (κ1) is 14.5. The van der Waals surface area contributed by atoms with E-state index < -0.39 is 6.29 Å². The molecule has 4 saturated carbocycles. The lowest BCUT2D eigenvalue weighted by Crippen LogP contribution is -2.55. The van der Waals surface area contributed by atoms with Crippen molar-refractivity contribution in [2.45, 2.75) is 76.6 Å². The number of hydrogen-bond acceptors (Lipinski definition) is 3. The number of aliphatic hydroxyl groups excluding tert-OH is 2. The van der Waals surface area contributed by atoms with E-state index in [1.54, 1.807) is 0 Å². The first-order chi connectivity index (χ1) is 10.1. The predicted octanol–water partition coefficient (Wildman–Crippen LogP) is 2.68. The summed E-state index contributed by atoms with van der Waals surface area (Å²) in [6, 6.07) is 0. The van der Waals surface area contributed by atoms with Gasteiger partial charge >= 0.3 is 0 Å². The second kappa shape index (κ2) is 5.21. The molecule has 0 radical (unpaired) electrons. The Morgan fingerprint density at radius 3 is 2.48 bits per heavy atom. The molecular weight excluding hydrogens is 264 g/mol. The Labute approximate surface area is 127 Å². The zero-order valence-electron chi connectivity index (χ0n) is 13.0. The molecule has 0 bridgehead atoms. The van der Waals surface area contributed by atoms with Crippen molar-refractivity contribution >= 4 is 0 Å². The quantitative estimate of drug-likeness (QED) is 0.652. The Morgan fingerprint density at radius 1 is 0.857 bits per heavy atom. The van der Waals surface area contributed by atoms with Gasteiger partial charge in [0, 0.05) is 5.41 Å². The summed E-state index contributed by atoms with van der Waals surface area (Å²) in [6.45, 7) is 0. The van der Waals surface area contributed by atoms with Crippen LogP contribution in [0, 0.1) is 35.0 Å². The van der Waals surface area contributed by atoms with Gasteiger partial charge in [-0.2, -0.15) is 0 Å². The first-order valence-electron chi connectivity index (χ1n) is 9.18. The highest BCUT2D eigenvalue weighted by Gasteiger charge is 2.59. The lowest BCUT2D eigenvalue weighted by Gasteiger charge is -2.57. The number of fused-ring (bicyclic) bond motifs is 5. The highest BCUT2D eigenvalue weighted by molar-refractivity contribution is 5.07. The largest absolute Gasteiger partial charge is 0.393 e. The van der Waals surface area contributed by atoms with Gasteiger partial charge in [0.05, 0.1) is 6.10 Å². The molecule has 21 heavy (non-hydrogen) atoms. The summed E-state index contributed by atoms with van der Waals surface area (Å²) in [5.74, 6) is 2.87. The summed E-state index contributed by atoms with van der Waals surface area (Å²) < 4.78 is 0.